The van der Waals surface area contributed by atoms with Crippen LogP contribution in [0.15, 0.2) is 24.3 Å². The van der Waals surface area contributed by atoms with Crippen LogP contribution in [-0.2, 0) is 9.53 Å². The zero-order valence-electron chi connectivity index (χ0n) is 11.3. The maximum absolute atomic E-state index is 12.2. The number of fused-ring (bicyclic) bond motifs is 4. The summed E-state index contributed by atoms with van der Waals surface area (Å²) < 4.78 is 10.9. The van der Waals surface area contributed by atoms with Gasteiger partial charge in [-0.3, -0.25) is 9.69 Å². The van der Waals surface area contributed by atoms with Gasteiger partial charge in [-0.2, -0.15) is 0 Å². The Morgan fingerprint density at radius 2 is 2.20 bits per heavy atom. The number of hydrogen-bond acceptors (Lipinski definition) is 4. The first-order valence-electron chi connectivity index (χ1n) is 6.59. The van der Waals surface area contributed by atoms with Gasteiger partial charge >= 0.3 is 12.0 Å². The van der Waals surface area contributed by atoms with Gasteiger partial charge in [0.05, 0.1) is 12.6 Å². The summed E-state index contributed by atoms with van der Waals surface area (Å²) in [6.07, 6.45) is -0.636. The molecule has 1 aromatic carbocycles. The SMILES string of the molecule is CCOC(=O)[C@@H]1[C@H]2NC(=O)N(C)[C@H]1Oc1ccccc12. The number of amides is 2. The molecule has 3 atom stereocenters. The molecule has 2 amide bonds. The molecule has 2 bridgehead atoms. The van der Waals surface area contributed by atoms with E-state index in [1.54, 1.807) is 14.0 Å². The Morgan fingerprint density at radius 3 is 2.95 bits per heavy atom. The van der Waals surface area contributed by atoms with Crippen LogP contribution in [0, 0.1) is 5.92 Å². The van der Waals surface area contributed by atoms with Gasteiger partial charge in [-0.1, -0.05) is 18.2 Å². The molecule has 1 saturated heterocycles. The summed E-state index contributed by atoms with van der Waals surface area (Å²) in [5.74, 6) is -0.230. The van der Waals surface area contributed by atoms with Crippen molar-refractivity contribution in [3.63, 3.8) is 0 Å². The van der Waals surface area contributed by atoms with Gasteiger partial charge in [0.1, 0.15) is 11.7 Å². The van der Waals surface area contributed by atoms with E-state index in [0.29, 0.717) is 12.4 Å². The van der Waals surface area contributed by atoms with Crippen LogP contribution in [-0.4, -0.2) is 36.8 Å². The lowest BCUT2D eigenvalue weighted by molar-refractivity contribution is -0.159. The third-order valence-corrected chi connectivity index (χ3v) is 3.71. The summed E-state index contributed by atoms with van der Waals surface area (Å²) in [4.78, 5) is 25.5. The van der Waals surface area contributed by atoms with Crippen molar-refractivity contribution in [3.8, 4) is 5.75 Å². The highest BCUT2D eigenvalue weighted by molar-refractivity contribution is 5.82. The first-order valence-corrected chi connectivity index (χ1v) is 6.59. The molecule has 0 unspecified atom stereocenters. The van der Waals surface area contributed by atoms with Crippen molar-refractivity contribution in [1.82, 2.24) is 10.2 Å². The molecule has 0 radical (unpaired) electrons. The summed E-state index contributed by atoms with van der Waals surface area (Å²) in [5, 5.41) is 2.85. The molecule has 0 aliphatic carbocycles. The molecular weight excluding hydrogens is 260 g/mol. The van der Waals surface area contributed by atoms with Crippen molar-refractivity contribution in [2.45, 2.75) is 19.2 Å². The minimum atomic E-state index is -0.636. The Hall–Kier alpha value is -2.24. The second-order valence-electron chi connectivity index (χ2n) is 4.86. The van der Waals surface area contributed by atoms with Crippen LogP contribution >= 0.6 is 0 Å². The molecule has 2 heterocycles. The zero-order chi connectivity index (χ0) is 14.3. The molecule has 1 fully saturated rings. The summed E-state index contributed by atoms with van der Waals surface area (Å²) >= 11 is 0. The van der Waals surface area contributed by atoms with E-state index in [9.17, 15) is 9.59 Å². The van der Waals surface area contributed by atoms with Crippen LogP contribution in [0.4, 0.5) is 4.79 Å². The Bertz CT molecular complexity index is 560. The molecule has 6 nitrogen and oxygen atoms in total. The average molecular weight is 276 g/mol. The van der Waals surface area contributed by atoms with E-state index < -0.39 is 18.2 Å². The smallest absolute Gasteiger partial charge is 0.320 e. The van der Waals surface area contributed by atoms with Gasteiger partial charge < -0.3 is 14.8 Å². The predicted octanol–water partition coefficient (Wildman–Crippen LogP) is 1.28. The van der Waals surface area contributed by atoms with E-state index in [1.165, 1.54) is 4.90 Å². The number of nitrogens with one attached hydrogen (secondary N) is 1. The Kier molecular flexibility index (Phi) is 3.00. The summed E-state index contributed by atoms with van der Waals surface area (Å²) in [6.45, 7) is 2.06. The first kappa shape index (κ1) is 12.8. The van der Waals surface area contributed by atoms with Crippen LogP contribution in [0.1, 0.15) is 18.5 Å². The fourth-order valence-corrected chi connectivity index (χ4v) is 2.74. The number of rotatable bonds is 2. The highest BCUT2D eigenvalue weighted by Crippen LogP contribution is 2.42. The van der Waals surface area contributed by atoms with Crippen molar-refractivity contribution in [2.24, 2.45) is 5.92 Å². The van der Waals surface area contributed by atoms with Crippen LogP contribution < -0.4 is 10.1 Å². The zero-order valence-corrected chi connectivity index (χ0v) is 11.3. The van der Waals surface area contributed by atoms with Crippen molar-refractivity contribution in [1.29, 1.82) is 0 Å². The maximum atomic E-state index is 12.2. The lowest BCUT2D eigenvalue weighted by atomic mass is 9.86. The van der Waals surface area contributed by atoms with E-state index in [4.69, 9.17) is 9.47 Å². The molecule has 6 heteroatoms. The minimum absolute atomic E-state index is 0.255. The van der Waals surface area contributed by atoms with Crippen molar-refractivity contribution >= 4 is 12.0 Å². The van der Waals surface area contributed by atoms with Crippen LogP contribution in [0.2, 0.25) is 0 Å². The Balaban J connectivity index is 2.04. The fourth-order valence-electron chi connectivity index (χ4n) is 2.74. The molecule has 1 aromatic rings. The molecule has 20 heavy (non-hydrogen) atoms. The largest absolute Gasteiger partial charge is 0.469 e. The second-order valence-corrected chi connectivity index (χ2v) is 4.86. The predicted molar refractivity (Wildman–Crippen MR) is 70.0 cm³/mol. The Morgan fingerprint density at radius 1 is 1.45 bits per heavy atom. The van der Waals surface area contributed by atoms with Crippen molar-refractivity contribution < 1.29 is 19.1 Å². The van der Waals surface area contributed by atoms with Crippen molar-refractivity contribution in [3.05, 3.63) is 29.8 Å². The van der Waals surface area contributed by atoms with Gasteiger partial charge in [0.15, 0.2) is 6.23 Å². The first-order chi connectivity index (χ1) is 9.63. The molecule has 106 valence electrons. The monoisotopic (exact) mass is 276 g/mol. The number of ether oxygens (including phenoxy) is 2. The van der Waals surface area contributed by atoms with Gasteiger partial charge in [-0.05, 0) is 13.0 Å². The van der Waals surface area contributed by atoms with Crippen LogP contribution in [0.25, 0.3) is 0 Å². The number of para-hydroxylation sites is 1. The summed E-state index contributed by atoms with van der Waals surface area (Å²) in [6, 6.07) is 6.74. The highest BCUT2D eigenvalue weighted by Gasteiger charge is 2.51. The number of esters is 1. The number of urea groups is 1. The lowest BCUT2D eigenvalue weighted by Gasteiger charge is -2.46. The van der Waals surface area contributed by atoms with Gasteiger partial charge in [-0.15, -0.1) is 0 Å². The Labute approximate surface area is 116 Å². The van der Waals surface area contributed by atoms with E-state index in [0.717, 1.165) is 5.56 Å². The molecule has 2 aliphatic heterocycles. The fraction of sp³-hybridized carbons (Fsp3) is 0.429. The average Bonchev–Trinajstić information content (AvgIpc) is 2.45. The van der Waals surface area contributed by atoms with Gasteiger partial charge in [0.2, 0.25) is 0 Å². The van der Waals surface area contributed by atoms with E-state index in [2.05, 4.69) is 5.32 Å². The lowest BCUT2D eigenvalue weighted by Crippen LogP contribution is -2.63. The molecule has 0 saturated carbocycles. The molecular formula is C14H16N2O4. The summed E-state index contributed by atoms with van der Waals surface area (Å²) in [7, 11) is 1.61. The maximum Gasteiger partial charge on any atom is 0.320 e. The number of hydrogen-bond donors (Lipinski definition) is 1. The molecule has 0 spiro atoms. The van der Waals surface area contributed by atoms with E-state index in [-0.39, 0.29) is 12.0 Å². The second kappa shape index (κ2) is 4.70. The van der Waals surface area contributed by atoms with Crippen LogP contribution in [0.3, 0.4) is 0 Å². The van der Waals surface area contributed by atoms with Crippen LogP contribution in [0.5, 0.6) is 5.75 Å². The third kappa shape index (κ3) is 1.79. The number of nitrogens with zero attached hydrogens (tertiary/aromatic N) is 1. The number of carbonyl (C=O) groups excluding carboxylic acids is 2. The topological polar surface area (TPSA) is 67.9 Å². The number of benzene rings is 1. The third-order valence-electron chi connectivity index (χ3n) is 3.71. The number of carbonyl (C=O) groups is 2. The molecule has 0 aromatic heterocycles. The minimum Gasteiger partial charge on any atom is -0.469 e. The van der Waals surface area contributed by atoms with Gasteiger partial charge in [0.25, 0.3) is 0 Å². The van der Waals surface area contributed by atoms with Crippen molar-refractivity contribution in [2.75, 3.05) is 13.7 Å². The normalized spacial score (nSPS) is 27.2. The van der Waals surface area contributed by atoms with Gasteiger partial charge in [-0.25, -0.2) is 4.79 Å². The molecule has 2 aliphatic rings. The highest BCUT2D eigenvalue weighted by atomic mass is 16.5. The standard InChI is InChI=1S/C14H16N2O4/c1-3-19-13(17)10-11-8-6-4-5-7-9(8)20-12(10)16(2)14(18)15-11/h4-7,10-12H,3H2,1-2H3,(H,15,18)/t10-,11+,12+/m1/s1. The molecule has 3 rings (SSSR count). The van der Waals surface area contributed by atoms with E-state index >= 15 is 0 Å². The van der Waals surface area contributed by atoms with Gasteiger partial charge in [0, 0.05) is 12.6 Å². The van der Waals surface area contributed by atoms with E-state index in [1.807, 2.05) is 24.3 Å². The molecule has 1 N–H and O–H groups in total. The summed E-state index contributed by atoms with van der Waals surface area (Å²) in [5.41, 5.74) is 0.809. The quantitative estimate of drug-likeness (QED) is 0.826.